The third kappa shape index (κ3) is 2.72. The van der Waals surface area contributed by atoms with Gasteiger partial charge in [-0.2, -0.15) is 5.26 Å². The molecule has 1 amide bonds. The Morgan fingerprint density at radius 1 is 1.45 bits per heavy atom. The number of hydrogen-bond donors (Lipinski definition) is 2. The Labute approximate surface area is 114 Å². The number of nitrogens with two attached hydrogens (primary N) is 1. The van der Waals surface area contributed by atoms with E-state index in [2.05, 4.69) is 10.3 Å². The third-order valence-electron chi connectivity index (χ3n) is 2.70. The number of nitrogens with zero attached hydrogens (tertiary/aromatic N) is 2. The van der Waals surface area contributed by atoms with E-state index in [0.717, 1.165) is 6.07 Å². The lowest BCUT2D eigenvalue weighted by Crippen LogP contribution is -2.15. The van der Waals surface area contributed by atoms with Gasteiger partial charge in [-0.3, -0.25) is 9.78 Å². The summed E-state index contributed by atoms with van der Waals surface area (Å²) in [6.07, 6.45) is 1.44. The molecule has 2 rings (SSSR count). The number of anilines is 2. The molecule has 0 aliphatic rings. The summed E-state index contributed by atoms with van der Waals surface area (Å²) in [6.45, 7) is 1.66. The van der Waals surface area contributed by atoms with Crippen LogP contribution >= 0.6 is 0 Å². The van der Waals surface area contributed by atoms with E-state index >= 15 is 0 Å². The highest BCUT2D eigenvalue weighted by Crippen LogP contribution is 2.18. The van der Waals surface area contributed by atoms with Crippen LogP contribution in [0, 0.1) is 24.1 Å². The predicted molar refractivity (Wildman–Crippen MR) is 72.5 cm³/mol. The Bertz CT molecular complexity index is 722. The van der Waals surface area contributed by atoms with E-state index in [0.29, 0.717) is 11.4 Å². The fourth-order valence-electron chi connectivity index (χ4n) is 1.65. The van der Waals surface area contributed by atoms with Crippen molar-refractivity contribution in [2.75, 3.05) is 11.1 Å². The SMILES string of the molecule is Cc1ncc(N)cc1C(=O)Nc1ccc(C#N)cc1F. The van der Waals surface area contributed by atoms with Gasteiger partial charge >= 0.3 is 0 Å². The number of aromatic nitrogens is 1. The summed E-state index contributed by atoms with van der Waals surface area (Å²) < 4.78 is 13.7. The molecule has 0 fully saturated rings. The molecule has 0 unspecified atom stereocenters. The number of nitriles is 1. The molecule has 0 bridgehead atoms. The van der Waals surface area contributed by atoms with Crippen molar-refractivity contribution in [3.63, 3.8) is 0 Å². The maximum absolute atomic E-state index is 13.7. The molecule has 1 aromatic heterocycles. The molecule has 0 aliphatic heterocycles. The molecule has 5 nitrogen and oxygen atoms in total. The van der Waals surface area contributed by atoms with Crippen LogP contribution in [0.5, 0.6) is 0 Å². The highest BCUT2D eigenvalue weighted by molar-refractivity contribution is 6.05. The average molecular weight is 270 g/mol. The van der Waals surface area contributed by atoms with Crippen LogP contribution in [0.2, 0.25) is 0 Å². The van der Waals surface area contributed by atoms with Gasteiger partial charge in [0.25, 0.3) is 5.91 Å². The van der Waals surface area contributed by atoms with Gasteiger partial charge in [0.15, 0.2) is 0 Å². The van der Waals surface area contributed by atoms with Gasteiger partial charge in [0.1, 0.15) is 5.82 Å². The van der Waals surface area contributed by atoms with Crippen molar-refractivity contribution in [2.24, 2.45) is 0 Å². The second-order valence-electron chi connectivity index (χ2n) is 4.16. The summed E-state index contributed by atoms with van der Waals surface area (Å²) in [5.41, 5.74) is 6.86. The van der Waals surface area contributed by atoms with Crippen LogP contribution < -0.4 is 11.1 Å². The minimum absolute atomic E-state index is 0.00387. The van der Waals surface area contributed by atoms with Crippen LogP contribution in [0.1, 0.15) is 21.6 Å². The number of rotatable bonds is 2. The lowest BCUT2D eigenvalue weighted by atomic mass is 10.1. The molecule has 0 spiro atoms. The molecular formula is C14H11FN4O. The fourth-order valence-corrected chi connectivity index (χ4v) is 1.65. The van der Waals surface area contributed by atoms with Gasteiger partial charge < -0.3 is 11.1 Å². The van der Waals surface area contributed by atoms with E-state index in [1.807, 2.05) is 6.07 Å². The molecule has 2 aromatic rings. The summed E-state index contributed by atoms with van der Waals surface area (Å²) in [4.78, 5) is 16.0. The van der Waals surface area contributed by atoms with Crippen molar-refractivity contribution in [1.82, 2.24) is 4.98 Å². The van der Waals surface area contributed by atoms with E-state index in [-0.39, 0.29) is 16.8 Å². The number of aryl methyl sites for hydroxylation is 1. The Hall–Kier alpha value is -2.94. The molecule has 3 N–H and O–H groups in total. The van der Waals surface area contributed by atoms with Crippen molar-refractivity contribution in [3.8, 4) is 6.07 Å². The number of amides is 1. The lowest BCUT2D eigenvalue weighted by molar-refractivity contribution is 0.102. The highest BCUT2D eigenvalue weighted by Gasteiger charge is 2.13. The van der Waals surface area contributed by atoms with Gasteiger partial charge in [0, 0.05) is 0 Å². The van der Waals surface area contributed by atoms with E-state index in [4.69, 9.17) is 11.0 Å². The van der Waals surface area contributed by atoms with Crippen molar-refractivity contribution in [2.45, 2.75) is 6.92 Å². The average Bonchev–Trinajstić information content (AvgIpc) is 2.43. The lowest BCUT2D eigenvalue weighted by Gasteiger charge is -2.08. The van der Waals surface area contributed by atoms with Crippen molar-refractivity contribution >= 4 is 17.3 Å². The standard InChI is InChI=1S/C14H11FN4O/c1-8-11(5-10(17)7-18-8)14(20)19-13-3-2-9(6-16)4-12(13)15/h2-5,7H,17H2,1H3,(H,19,20). The van der Waals surface area contributed by atoms with E-state index < -0.39 is 11.7 Å². The number of nitrogen functional groups attached to an aromatic ring is 1. The second-order valence-corrected chi connectivity index (χ2v) is 4.16. The molecule has 1 heterocycles. The van der Waals surface area contributed by atoms with Crippen molar-refractivity contribution < 1.29 is 9.18 Å². The second kappa shape index (κ2) is 5.36. The first-order chi connectivity index (χ1) is 9.51. The number of hydrogen-bond acceptors (Lipinski definition) is 4. The first kappa shape index (κ1) is 13.5. The number of carbonyl (C=O) groups excluding carboxylic acids is 1. The molecule has 0 saturated heterocycles. The van der Waals surface area contributed by atoms with Gasteiger partial charge in [-0.05, 0) is 31.2 Å². The molecule has 0 atom stereocenters. The zero-order valence-corrected chi connectivity index (χ0v) is 10.6. The normalized spacial score (nSPS) is 9.85. The largest absolute Gasteiger partial charge is 0.397 e. The third-order valence-corrected chi connectivity index (χ3v) is 2.70. The van der Waals surface area contributed by atoms with Crippen LogP contribution in [0.15, 0.2) is 30.5 Å². The summed E-state index contributed by atoms with van der Waals surface area (Å²) in [5, 5.41) is 11.1. The fraction of sp³-hybridized carbons (Fsp3) is 0.0714. The van der Waals surface area contributed by atoms with Gasteiger partial charge in [-0.1, -0.05) is 0 Å². The Kier molecular flexibility index (Phi) is 3.62. The van der Waals surface area contributed by atoms with Crippen LogP contribution in [0.25, 0.3) is 0 Å². The number of pyridine rings is 1. The van der Waals surface area contributed by atoms with Gasteiger partial charge in [0.2, 0.25) is 0 Å². The molecule has 20 heavy (non-hydrogen) atoms. The van der Waals surface area contributed by atoms with Crippen LogP contribution in [0.3, 0.4) is 0 Å². The topological polar surface area (TPSA) is 91.8 Å². The highest BCUT2D eigenvalue weighted by atomic mass is 19.1. The summed E-state index contributed by atoms with van der Waals surface area (Å²) in [6, 6.07) is 7.10. The first-order valence-electron chi connectivity index (χ1n) is 5.74. The Balaban J connectivity index is 2.28. The zero-order valence-electron chi connectivity index (χ0n) is 10.6. The molecule has 1 aromatic carbocycles. The number of halogens is 1. The Morgan fingerprint density at radius 2 is 2.20 bits per heavy atom. The molecule has 100 valence electrons. The van der Waals surface area contributed by atoms with Crippen molar-refractivity contribution in [3.05, 3.63) is 53.1 Å². The maximum atomic E-state index is 13.7. The first-order valence-corrected chi connectivity index (χ1v) is 5.74. The van der Waals surface area contributed by atoms with Gasteiger partial charge in [0.05, 0.1) is 40.5 Å². The predicted octanol–water partition coefficient (Wildman–Crippen LogP) is 2.24. The minimum Gasteiger partial charge on any atom is -0.397 e. The summed E-state index contributed by atoms with van der Waals surface area (Å²) in [5.74, 6) is -1.18. The van der Waals surface area contributed by atoms with Crippen LogP contribution in [0.4, 0.5) is 15.8 Å². The van der Waals surface area contributed by atoms with Crippen LogP contribution in [-0.2, 0) is 0 Å². The molecule has 0 aliphatic carbocycles. The quantitative estimate of drug-likeness (QED) is 0.875. The maximum Gasteiger partial charge on any atom is 0.257 e. The van der Waals surface area contributed by atoms with E-state index in [1.165, 1.54) is 24.4 Å². The van der Waals surface area contributed by atoms with E-state index in [9.17, 15) is 9.18 Å². The van der Waals surface area contributed by atoms with Crippen molar-refractivity contribution in [1.29, 1.82) is 5.26 Å². The zero-order chi connectivity index (χ0) is 14.7. The van der Waals surface area contributed by atoms with Gasteiger partial charge in [-0.25, -0.2) is 4.39 Å². The monoisotopic (exact) mass is 270 g/mol. The molecular weight excluding hydrogens is 259 g/mol. The summed E-state index contributed by atoms with van der Waals surface area (Å²) >= 11 is 0. The molecule has 0 radical (unpaired) electrons. The Morgan fingerprint density at radius 3 is 2.85 bits per heavy atom. The van der Waals surface area contributed by atoms with Crippen LogP contribution in [-0.4, -0.2) is 10.9 Å². The van der Waals surface area contributed by atoms with Gasteiger partial charge in [-0.15, -0.1) is 0 Å². The van der Waals surface area contributed by atoms with E-state index in [1.54, 1.807) is 6.92 Å². The number of benzene rings is 1. The molecule has 0 saturated carbocycles. The number of nitrogens with one attached hydrogen (secondary N) is 1. The minimum atomic E-state index is -0.674. The number of carbonyl (C=O) groups is 1. The molecule has 6 heteroatoms. The smallest absolute Gasteiger partial charge is 0.257 e. The summed E-state index contributed by atoms with van der Waals surface area (Å²) in [7, 11) is 0.